The van der Waals surface area contributed by atoms with E-state index in [-0.39, 0.29) is 0 Å². The van der Waals surface area contributed by atoms with E-state index in [1.165, 1.54) is 16.5 Å². The first-order valence-electron chi connectivity index (χ1n) is 7.28. The minimum absolute atomic E-state index is 0.604. The van der Waals surface area contributed by atoms with Crippen LogP contribution < -0.4 is 5.32 Å². The van der Waals surface area contributed by atoms with Gasteiger partial charge in [0.2, 0.25) is 0 Å². The van der Waals surface area contributed by atoms with Crippen LogP contribution in [0.4, 0.5) is 0 Å². The van der Waals surface area contributed by atoms with Gasteiger partial charge in [0.15, 0.2) is 0 Å². The summed E-state index contributed by atoms with van der Waals surface area (Å²) >= 11 is 3.66. The van der Waals surface area contributed by atoms with Gasteiger partial charge in [-0.3, -0.25) is 4.90 Å². The zero-order chi connectivity index (χ0) is 13.8. The molecular weight excluding hydrogens is 300 g/mol. The lowest BCUT2D eigenvalue weighted by Crippen LogP contribution is -2.42. The summed E-state index contributed by atoms with van der Waals surface area (Å²) in [6.07, 6.45) is 1.23. The molecule has 1 N–H and O–H groups in total. The minimum Gasteiger partial charge on any atom is -0.312 e. The molecule has 2 nitrogen and oxygen atoms in total. The highest BCUT2D eigenvalue weighted by molar-refractivity contribution is 9.10. The summed E-state index contributed by atoms with van der Waals surface area (Å²) in [5.74, 6) is 0.687. The molecule has 3 heteroatoms. The molecular formula is C16H25BrN2. The quantitative estimate of drug-likeness (QED) is 0.912. The van der Waals surface area contributed by atoms with Crippen molar-refractivity contribution < 1.29 is 0 Å². The number of halogens is 1. The third-order valence-electron chi connectivity index (χ3n) is 4.16. The predicted octanol–water partition coefficient (Wildman–Crippen LogP) is 3.66. The van der Waals surface area contributed by atoms with Gasteiger partial charge in [0.25, 0.3) is 0 Å². The van der Waals surface area contributed by atoms with Gasteiger partial charge < -0.3 is 5.32 Å². The first-order chi connectivity index (χ1) is 9.08. The van der Waals surface area contributed by atoms with E-state index < -0.39 is 0 Å². The Morgan fingerprint density at radius 2 is 2.11 bits per heavy atom. The molecule has 1 aliphatic rings. The summed E-state index contributed by atoms with van der Waals surface area (Å²) in [7, 11) is 0. The van der Waals surface area contributed by atoms with E-state index in [9.17, 15) is 0 Å². The van der Waals surface area contributed by atoms with Crippen molar-refractivity contribution in [1.29, 1.82) is 0 Å². The summed E-state index contributed by atoms with van der Waals surface area (Å²) in [4.78, 5) is 2.62. The monoisotopic (exact) mass is 324 g/mol. The fraction of sp³-hybridized carbons (Fsp3) is 0.625. The molecule has 1 fully saturated rings. The first-order valence-corrected chi connectivity index (χ1v) is 8.08. The minimum atomic E-state index is 0.604. The standard InChI is InChI=1S/C16H25BrN2/c1-12(2)16-11-19(13(3)8-9-18-16)10-14-6-4-5-7-15(14)17/h4-7,12-13,16,18H,8-11H2,1-3H3. The van der Waals surface area contributed by atoms with Gasteiger partial charge in [-0.25, -0.2) is 0 Å². The number of nitrogens with zero attached hydrogens (tertiary/aromatic N) is 1. The van der Waals surface area contributed by atoms with Gasteiger partial charge in [-0.1, -0.05) is 48.0 Å². The maximum Gasteiger partial charge on any atom is 0.0248 e. The summed E-state index contributed by atoms with van der Waals surface area (Å²) in [6.45, 7) is 10.3. The molecule has 1 heterocycles. The maximum absolute atomic E-state index is 3.69. The molecule has 0 radical (unpaired) electrons. The van der Waals surface area contributed by atoms with E-state index in [0.29, 0.717) is 18.0 Å². The lowest BCUT2D eigenvalue weighted by atomic mass is 10.0. The van der Waals surface area contributed by atoms with Crippen LogP contribution in [0.3, 0.4) is 0 Å². The van der Waals surface area contributed by atoms with Crippen molar-refractivity contribution >= 4 is 15.9 Å². The van der Waals surface area contributed by atoms with Gasteiger partial charge in [-0.15, -0.1) is 0 Å². The number of rotatable bonds is 3. The highest BCUT2D eigenvalue weighted by Gasteiger charge is 2.24. The van der Waals surface area contributed by atoms with Crippen molar-refractivity contribution in [3.63, 3.8) is 0 Å². The van der Waals surface area contributed by atoms with Gasteiger partial charge >= 0.3 is 0 Å². The highest BCUT2D eigenvalue weighted by atomic mass is 79.9. The van der Waals surface area contributed by atoms with Crippen LogP contribution in [0.5, 0.6) is 0 Å². The lowest BCUT2D eigenvalue weighted by Gasteiger charge is -2.30. The second-order valence-electron chi connectivity index (χ2n) is 5.96. The molecule has 2 atom stereocenters. The normalized spacial score (nSPS) is 25.5. The van der Waals surface area contributed by atoms with Crippen LogP contribution in [0.25, 0.3) is 0 Å². The fourth-order valence-corrected chi connectivity index (χ4v) is 3.08. The second kappa shape index (κ2) is 6.87. The Balaban J connectivity index is 2.09. The number of nitrogens with one attached hydrogen (secondary N) is 1. The number of benzene rings is 1. The molecule has 2 rings (SSSR count). The topological polar surface area (TPSA) is 15.3 Å². The maximum atomic E-state index is 3.69. The Morgan fingerprint density at radius 3 is 2.79 bits per heavy atom. The molecule has 1 saturated heterocycles. The van der Waals surface area contributed by atoms with Crippen molar-refractivity contribution in [1.82, 2.24) is 10.2 Å². The molecule has 0 aliphatic carbocycles. The van der Waals surface area contributed by atoms with E-state index >= 15 is 0 Å². The van der Waals surface area contributed by atoms with E-state index in [1.807, 2.05) is 0 Å². The Hall–Kier alpha value is -0.380. The van der Waals surface area contributed by atoms with E-state index in [2.05, 4.69) is 71.2 Å². The molecule has 2 unspecified atom stereocenters. The molecule has 0 aromatic heterocycles. The van der Waals surface area contributed by atoms with Crippen molar-refractivity contribution in [3.05, 3.63) is 34.3 Å². The van der Waals surface area contributed by atoms with Crippen LogP contribution >= 0.6 is 15.9 Å². The first kappa shape index (κ1) is 15.0. The largest absolute Gasteiger partial charge is 0.312 e. The Bertz CT molecular complexity index is 405. The van der Waals surface area contributed by atoms with Crippen LogP contribution in [0.1, 0.15) is 32.8 Å². The third kappa shape index (κ3) is 4.04. The molecule has 106 valence electrons. The van der Waals surface area contributed by atoms with Gasteiger partial charge in [0, 0.05) is 29.6 Å². The van der Waals surface area contributed by atoms with Crippen molar-refractivity contribution in [3.8, 4) is 0 Å². The average Bonchev–Trinajstić information content (AvgIpc) is 2.55. The van der Waals surface area contributed by atoms with Crippen molar-refractivity contribution in [2.24, 2.45) is 5.92 Å². The molecule has 19 heavy (non-hydrogen) atoms. The number of hydrogen-bond donors (Lipinski definition) is 1. The average molecular weight is 325 g/mol. The van der Waals surface area contributed by atoms with Crippen molar-refractivity contribution in [2.45, 2.75) is 45.8 Å². The van der Waals surface area contributed by atoms with Crippen LogP contribution in [0.2, 0.25) is 0 Å². The summed E-state index contributed by atoms with van der Waals surface area (Å²) < 4.78 is 1.22. The van der Waals surface area contributed by atoms with Gasteiger partial charge in [0.05, 0.1) is 0 Å². The second-order valence-corrected chi connectivity index (χ2v) is 6.82. The van der Waals surface area contributed by atoms with Crippen LogP contribution in [0, 0.1) is 5.92 Å². The van der Waals surface area contributed by atoms with Crippen molar-refractivity contribution in [2.75, 3.05) is 13.1 Å². The molecule has 1 aliphatic heterocycles. The molecule has 0 bridgehead atoms. The third-order valence-corrected chi connectivity index (χ3v) is 4.93. The Morgan fingerprint density at radius 1 is 1.37 bits per heavy atom. The highest BCUT2D eigenvalue weighted by Crippen LogP contribution is 2.21. The van der Waals surface area contributed by atoms with E-state index in [0.717, 1.165) is 19.6 Å². The van der Waals surface area contributed by atoms with Gasteiger partial charge in [-0.05, 0) is 37.4 Å². The van der Waals surface area contributed by atoms with E-state index in [4.69, 9.17) is 0 Å². The summed E-state index contributed by atoms with van der Waals surface area (Å²) in [5.41, 5.74) is 1.39. The fourth-order valence-electron chi connectivity index (χ4n) is 2.67. The predicted molar refractivity (Wildman–Crippen MR) is 85.3 cm³/mol. The van der Waals surface area contributed by atoms with Gasteiger partial charge in [-0.2, -0.15) is 0 Å². The molecule has 1 aromatic rings. The Kier molecular flexibility index (Phi) is 5.43. The zero-order valence-corrected chi connectivity index (χ0v) is 13.8. The molecule has 0 saturated carbocycles. The zero-order valence-electron chi connectivity index (χ0n) is 12.2. The SMILES string of the molecule is CC(C)C1CN(Cc2ccccc2Br)C(C)CCN1. The lowest BCUT2D eigenvalue weighted by molar-refractivity contribution is 0.183. The summed E-state index contributed by atoms with van der Waals surface area (Å²) in [6, 6.07) is 9.81. The van der Waals surface area contributed by atoms with Gasteiger partial charge in [0.1, 0.15) is 0 Å². The Labute approximate surface area is 125 Å². The number of hydrogen-bond acceptors (Lipinski definition) is 2. The van der Waals surface area contributed by atoms with Crippen LogP contribution in [-0.2, 0) is 6.54 Å². The molecule has 0 spiro atoms. The molecule has 1 aromatic carbocycles. The molecule has 0 amide bonds. The summed E-state index contributed by atoms with van der Waals surface area (Å²) in [5, 5.41) is 3.69. The smallest absolute Gasteiger partial charge is 0.0248 e. The van der Waals surface area contributed by atoms with Crippen LogP contribution in [-0.4, -0.2) is 30.1 Å². The van der Waals surface area contributed by atoms with Crippen LogP contribution in [0.15, 0.2) is 28.7 Å². The van der Waals surface area contributed by atoms with E-state index in [1.54, 1.807) is 0 Å².